The number of halogens is 8. The van der Waals surface area contributed by atoms with E-state index < -0.39 is 46.4 Å². The number of aryl methyl sites for hydroxylation is 1. The quantitative estimate of drug-likeness (QED) is 0.370. The maximum absolute atomic E-state index is 14.6. The highest BCUT2D eigenvalue weighted by atomic mass is 79.9. The van der Waals surface area contributed by atoms with Crippen molar-refractivity contribution in [3.8, 4) is 0 Å². The molecule has 152 valence electrons. The number of nitrogens with two attached hydrogens (primary N) is 1. The summed E-state index contributed by atoms with van der Waals surface area (Å²) in [7, 11) is 0. The SMILES string of the molecule is Cc1cc(C(/C=C(\F)c2ccc(N)c(C(C)(F)F)c2)C(F)(F)F)cc(Br)c1F. The minimum atomic E-state index is -4.90. The Kier molecular flexibility index (Phi) is 6.18. The molecule has 0 amide bonds. The first-order chi connectivity index (χ1) is 12.7. The first-order valence-electron chi connectivity index (χ1n) is 7.89. The van der Waals surface area contributed by atoms with Crippen LogP contribution in [0, 0.1) is 12.7 Å². The largest absolute Gasteiger partial charge is 0.399 e. The van der Waals surface area contributed by atoms with E-state index >= 15 is 0 Å². The zero-order valence-corrected chi connectivity index (χ0v) is 16.2. The molecular weight excluding hydrogens is 455 g/mol. The van der Waals surface area contributed by atoms with Gasteiger partial charge in [0.2, 0.25) is 0 Å². The van der Waals surface area contributed by atoms with Crippen LogP contribution in [0.2, 0.25) is 0 Å². The molecule has 0 heterocycles. The molecule has 0 fully saturated rings. The summed E-state index contributed by atoms with van der Waals surface area (Å²) in [6.07, 6.45) is -4.63. The minimum Gasteiger partial charge on any atom is -0.398 e. The van der Waals surface area contributed by atoms with Gasteiger partial charge in [-0.25, -0.2) is 17.6 Å². The van der Waals surface area contributed by atoms with E-state index in [9.17, 15) is 30.7 Å². The fraction of sp³-hybridized carbons (Fsp3) is 0.263. The number of allylic oxidation sites excluding steroid dienone is 1. The molecule has 2 N–H and O–H groups in total. The minimum absolute atomic E-state index is 0.0622. The van der Waals surface area contributed by atoms with Gasteiger partial charge in [0.25, 0.3) is 5.92 Å². The Morgan fingerprint density at radius 2 is 1.71 bits per heavy atom. The lowest BCUT2D eigenvalue weighted by atomic mass is 9.94. The zero-order valence-electron chi connectivity index (χ0n) is 14.6. The molecule has 2 aromatic rings. The van der Waals surface area contributed by atoms with Crippen molar-refractivity contribution in [3.63, 3.8) is 0 Å². The van der Waals surface area contributed by atoms with Gasteiger partial charge in [-0.2, -0.15) is 13.2 Å². The van der Waals surface area contributed by atoms with Crippen molar-refractivity contribution in [1.29, 1.82) is 0 Å². The smallest absolute Gasteiger partial charge is 0.398 e. The van der Waals surface area contributed by atoms with Gasteiger partial charge in [-0.3, -0.25) is 0 Å². The summed E-state index contributed by atoms with van der Waals surface area (Å²) in [5.41, 5.74) is 3.50. The van der Waals surface area contributed by atoms with Crippen molar-refractivity contribution < 1.29 is 30.7 Å². The van der Waals surface area contributed by atoms with Crippen LogP contribution in [0.5, 0.6) is 0 Å². The van der Waals surface area contributed by atoms with Crippen LogP contribution in [-0.2, 0) is 5.92 Å². The molecule has 1 atom stereocenters. The number of alkyl halides is 5. The normalized spacial score (nSPS) is 14.3. The first-order valence-corrected chi connectivity index (χ1v) is 8.69. The van der Waals surface area contributed by atoms with Crippen LogP contribution < -0.4 is 5.73 Å². The van der Waals surface area contributed by atoms with E-state index in [4.69, 9.17) is 5.73 Å². The van der Waals surface area contributed by atoms with Gasteiger partial charge >= 0.3 is 6.18 Å². The van der Waals surface area contributed by atoms with E-state index in [1.807, 2.05) is 0 Å². The summed E-state index contributed by atoms with van der Waals surface area (Å²) in [6, 6.07) is 4.57. The molecular formula is C19H15BrF7N. The number of rotatable bonds is 4. The second-order valence-corrected chi connectivity index (χ2v) is 7.21. The Morgan fingerprint density at radius 1 is 1.11 bits per heavy atom. The molecule has 0 aliphatic heterocycles. The first kappa shape index (κ1) is 22.3. The lowest BCUT2D eigenvalue weighted by Crippen LogP contribution is -2.19. The maximum Gasteiger partial charge on any atom is 0.399 e. The van der Waals surface area contributed by atoms with Crippen LogP contribution in [-0.4, -0.2) is 6.18 Å². The number of hydrogen-bond acceptors (Lipinski definition) is 1. The van der Waals surface area contributed by atoms with Crippen molar-refractivity contribution in [2.24, 2.45) is 0 Å². The highest BCUT2D eigenvalue weighted by Gasteiger charge is 2.40. The Labute approximate surface area is 165 Å². The average Bonchev–Trinajstić information content (AvgIpc) is 2.55. The van der Waals surface area contributed by atoms with Crippen molar-refractivity contribution in [2.45, 2.75) is 31.9 Å². The molecule has 0 bridgehead atoms. The Bertz CT molecular complexity index is 890. The molecule has 0 spiro atoms. The number of nitrogen functional groups attached to an aromatic ring is 1. The third-order valence-corrected chi connectivity index (χ3v) is 4.64. The average molecular weight is 470 g/mol. The topological polar surface area (TPSA) is 26.0 Å². The van der Waals surface area contributed by atoms with Crippen LogP contribution in [0.1, 0.15) is 35.1 Å². The molecule has 2 rings (SSSR count). The van der Waals surface area contributed by atoms with Gasteiger partial charge in [0, 0.05) is 23.7 Å². The summed E-state index contributed by atoms with van der Waals surface area (Å²) < 4.78 is 95.7. The summed E-state index contributed by atoms with van der Waals surface area (Å²) in [5.74, 6) is -7.90. The fourth-order valence-electron chi connectivity index (χ4n) is 2.64. The molecule has 0 saturated heterocycles. The summed E-state index contributed by atoms with van der Waals surface area (Å²) in [4.78, 5) is 0. The molecule has 28 heavy (non-hydrogen) atoms. The Balaban J connectivity index is 2.57. The van der Waals surface area contributed by atoms with E-state index in [2.05, 4.69) is 15.9 Å². The van der Waals surface area contributed by atoms with Crippen LogP contribution in [0.4, 0.5) is 36.4 Å². The van der Waals surface area contributed by atoms with Crippen LogP contribution in [0.3, 0.4) is 0 Å². The highest BCUT2D eigenvalue weighted by molar-refractivity contribution is 9.10. The van der Waals surface area contributed by atoms with Crippen LogP contribution in [0.25, 0.3) is 5.83 Å². The molecule has 0 aliphatic carbocycles. The van der Waals surface area contributed by atoms with Crippen molar-refractivity contribution in [1.82, 2.24) is 0 Å². The van der Waals surface area contributed by atoms with Gasteiger partial charge in [0.1, 0.15) is 17.6 Å². The maximum atomic E-state index is 14.6. The highest BCUT2D eigenvalue weighted by Crippen LogP contribution is 2.41. The molecule has 1 unspecified atom stereocenters. The third kappa shape index (κ3) is 4.87. The Morgan fingerprint density at radius 3 is 2.21 bits per heavy atom. The molecule has 0 radical (unpaired) electrons. The number of hydrogen-bond donors (Lipinski definition) is 1. The lowest BCUT2D eigenvalue weighted by molar-refractivity contribution is -0.139. The molecule has 0 aromatic heterocycles. The molecule has 0 saturated carbocycles. The summed E-state index contributed by atoms with van der Waals surface area (Å²) in [5, 5.41) is 0. The predicted octanol–water partition coefficient (Wildman–Crippen LogP) is 7.25. The summed E-state index contributed by atoms with van der Waals surface area (Å²) in [6.45, 7) is 1.81. The number of anilines is 1. The van der Waals surface area contributed by atoms with Gasteiger partial charge < -0.3 is 5.73 Å². The Hall–Kier alpha value is -2.03. The molecule has 9 heteroatoms. The van der Waals surface area contributed by atoms with Gasteiger partial charge in [0.15, 0.2) is 0 Å². The monoisotopic (exact) mass is 469 g/mol. The van der Waals surface area contributed by atoms with Gasteiger partial charge in [-0.05, 0) is 64.3 Å². The standard InChI is InChI=1S/C19H15BrF7N/c1-9-5-11(7-14(20)17(9)22)12(19(25,26)27)8-15(21)10-3-4-16(28)13(6-10)18(2,23)24/h3-8,12H,28H2,1-2H3/b15-8-. The molecule has 0 aliphatic rings. The summed E-state index contributed by atoms with van der Waals surface area (Å²) >= 11 is 2.83. The van der Waals surface area contributed by atoms with Gasteiger partial charge in [0.05, 0.1) is 4.47 Å². The van der Waals surface area contributed by atoms with E-state index in [0.29, 0.717) is 13.0 Å². The second-order valence-electron chi connectivity index (χ2n) is 6.36. The number of benzene rings is 2. The predicted molar refractivity (Wildman–Crippen MR) is 97.1 cm³/mol. The zero-order chi connectivity index (χ0) is 21.4. The van der Waals surface area contributed by atoms with E-state index in [1.54, 1.807) is 0 Å². The van der Waals surface area contributed by atoms with Crippen molar-refractivity contribution >= 4 is 27.4 Å². The fourth-order valence-corrected chi connectivity index (χ4v) is 3.22. The lowest BCUT2D eigenvalue weighted by Gasteiger charge is -2.19. The van der Waals surface area contributed by atoms with Gasteiger partial charge in [-0.1, -0.05) is 6.07 Å². The van der Waals surface area contributed by atoms with Crippen molar-refractivity contribution in [2.75, 3.05) is 5.73 Å². The third-order valence-electron chi connectivity index (χ3n) is 4.06. The molecule has 1 nitrogen and oxygen atoms in total. The van der Waals surface area contributed by atoms with Crippen LogP contribution in [0.15, 0.2) is 40.9 Å². The van der Waals surface area contributed by atoms with Gasteiger partial charge in [-0.15, -0.1) is 0 Å². The van der Waals surface area contributed by atoms with E-state index in [0.717, 1.165) is 24.3 Å². The van der Waals surface area contributed by atoms with E-state index in [1.165, 1.54) is 6.92 Å². The van der Waals surface area contributed by atoms with E-state index in [-0.39, 0.29) is 21.8 Å². The second kappa shape index (κ2) is 7.77. The van der Waals surface area contributed by atoms with Crippen molar-refractivity contribution in [3.05, 3.63) is 69.0 Å². The van der Waals surface area contributed by atoms with Crippen LogP contribution >= 0.6 is 15.9 Å². The molecule has 2 aromatic carbocycles.